The summed E-state index contributed by atoms with van der Waals surface area (Å²) in [6.45, 7) is 4.23. The van der Waals surface area contributed by atoms with Crippen molar-refractivity contribution in [1.82, 2.24) is 20.4 Å². The zero-order chi connectivity index (χ0) is 15.8. The van der Waals surface area contributed by atoms with E-state index in [1.54, 1.807) is 19.2 Å². The number of aryl methyl sites for hydroxylation is 1. The predicted octanol–water partition coefficient (Wildman–Crippen LogP) is 2.36. The molecule has 0 saturated heterocycles. The van der Waals surface area contributed by atoms with Crippen LogP contribution in [-0.2, 0) is 13.0 Å². The van der Waals surface area contributed by atoms with Crippen molar-refractivity contribution < 1.29 is 4.39 Å². The Kier molecular flexibility index (Phi) is 8.60. The van der Waals surface area contributed by atoms with Gasteiger partial charge in [0, 0.05) is 26.3 Å². The Bertz CT molecular complexity index is 626. The summed E-state index contributed by atoms with van der Waals surface area (Å²) < 4.78 is 15.0. The van der Waals surface area contributed by atoms with Crippen LogP contribution in [0.2, 0.25) is 0 Å². The van der Waals surface area contributed by atoms with Crippen LogP contribution in [-0.4, -0.2) is 35.9 Å². The summed E-state index contributed by atoms with van der Waals surface area (Å²) in [7, 11) is 1.73. The lowest BCUT2D eigenvalue weighted by molar-refractivity contribution is 0.597. The lowest BCUT2D eigenvalue weighted by atomic mass is 10.1. The standard InChI is InChI=1S/C16H22FN5.HI/c1-13-11-21-22(12-13)9-8-20-16(18-2)19-7-6-14-4-3-5-15(17)10-14;/h3-5,10-12H,6-9H2,1-2H3,(H2,18,19,20);1H. The van der Waals surface area contributed by atoms with Crippen LogP contribution in [0.3, 0.4) is 0 Å². The van der Waals surface area contributed by atoms with Crippen LogP contribution in [0.4, 0.5) is 4.39 Å². The monoisotopic (exact) mass is 431 g/mol. The van der Waals surface area contributed by atoms with Crippen LogP contribution >= 0.6 is 24.0 Å². The smallest absolute Gasteiger partial charge is 0.191 e. The molecular weight excluding hydrogens is 408 g/mol. The fraction of sp³-hybridized carbons (Fsp3) is 0.375. The topological polar surface area (TPSA) is 54.2 Å². The summed E-state index contributed by atoms with van der Waals surface area (Å²) in [5.41, 5.74) is 2.12. The summed E-state index contributed by atoms with van der Waals surface area (Å²) in [4.78, 5) is 4.16. The van der Waals surface area contributed by atoms with E-state index in [1.165, 1.54) is 6.07 Å². The van der Waals surface area contributed by atoms with Gasteiger partial charge in [0.25, 0.3) is 0 Å². The molecule has 2 N–H and O–H groups in total. The minimum absolute atomic E-state index is 0. The summed E-state index contributed by atoms with van der Waals surface area (Å²) in [6.07, 6.45) is 4.59. The molecule has 0 aliphatic heterocycles. The van der Waals surface area contributed by atoms with Crippen molar-refractivity contribution in [2.24, 2.45) is 4.99 Å². The van der Waals surface area contributed by atoms with Gasteiger partial charge in [0.1, 0.15) is 5.82 Å². The van der Waals surface area contributed by atoms with Crippen molar-refractivity contribution in [3.05, 3.63) is 53.6 Å². The molecule has 2 aromatic rings. The first kappa shape index (κ1) is 19.4. The molecule has 0 unspecified atom stereocenters. The number of aromatic nitrogens is 2. The highest BCUT2D eigenvalue weighted by atomic mass is 127. The summed E-state index contributed by atoms with van der Waals surface area (Å²) in [5.74, 6) is 0.537. The zero-order valence-electron chi connectivity index (χ0n) is 13.4. The van der Waals surface area contributed by atoms with E-state index >= 15 is 0 Å². The van der Waals surface area contributed by atoms with Crippen molar-refractivity contribution in [1.29, 1.82) is 0 Å². The number of hydrogen-bond acceptors (Lipinski definition) is 2. The van der Waals surface area contributed by atoms with Gasteiger partial charge in [-0.1, -0.05) is 12.1 Å². The molecule has 2 rings (SSSR count). The maximum Gasteiger partial charge on any atom is 0.191 e. The van der Waals surface area contributed by atoms with Crippen molar-refractivity contribution in [3.63, 3.8) is 0 Å². The molecule has 0 amide bonds. The van der Waals surface area contributed by atoms with Crippen LogP contribution in [0.5, 0.6) is 0 Å². The Morgan fingerprint density at radius 2 is 2.09 bits per heavy atom. The van der Waals surface area contributed by atoms with E-state index in [4.69, 9.17) is 0 Å². The first-order chi connectivity index (χ1) is 10.7. The number of rotatable bonds is 6. The average molecular weight is 431 g/mol. The predicted molar refractivity (Wildman–Crippen MR) is 102 cm³/mol. The molecular formula is C16H23FIN5. The van der Waals surface area contributed by atoms with Crippen molar-refractivity contribution in [2.45, 2.75) is 19.9 Å². The molecule has 5 nitrogen and oxygen atoms in total. The molecule has 0 fully saturated rings. The summed E-state index contributed by atoms with van der Waals surface area (Å²) >= 11 is 0. The van der Waals surface area contributed by atoms with Gasteiger partial charge in [-0.15, -0.1) is 24.0 Å². The van der Waals surface area contributed by atoms with Crippen LogP contribution in [0.25, 0.3) is 0 Å². The molecule has 126 valence electrons. The highest BCUT2D eigenvalue weighted by Crippen LogP contribution is 2.03. The SMILES string of the molecule is CN=C(NCCc1cccc(F)c1)NCCn1cc(C)cn1.I. The van der Waals surface area contributed by atoms with Gasteiger partial charge in [-0.05, 0) is 36.6 Å². The average Bonchev–Trinajstić information content (AvgIpc) is 2.91. The van der Waals surface area contributed by atoms with Crippen LogP contribution in [0.15, 0.2) is 41.7 Å². The molecule has 0 saturated carbocycles. The molecule has 1 aromatic heterocycles. The molecule has 23 heavy (non-hydrogen) atoms. The normalized spacial score (nSPS) is 11.0. The Labute approximate surface area is 153 Å². The van der Waals surface area contributed by atoms with Gasteiger partial charge in [-0.25, -0.2) is 4.39 Å². The zero-order valence-corrected chi connectivity index (χ0v) is 15.8. The number of aliphatic imine (C=N–C) groups is 1. The Hall–Kier alpha value is -1.64. The number of halogens is 2. The fourth-order valence-corrected chi connectivity index (χ4v) is 2.12. The van der Waals surface area contributed by atoms with Crippen molar-refractivity contribution in [2.75, 3.05) is 20.1 Å². The number of hydrogen-bond donors (Lipinski definition) is 2. The van der Waals surface area contributed by atoms with Crippen molar-refractivity contribution >= 4 is 29.9 Å². The lowest BCUT2D eigenvalue weighted by Gasteiger charge is -2.12. The van der Waals surface area contributed by atoms with E-state index in [1.807, 2.05) is 30.1 Å². The largest absolute Gasteiger partial charge is 0.356 e. The van der Waals surface area contributed by atoms with Gasteiger partial charge < -0.3 is 10.6 Å². The minimum Gasteiger partial charge on any atom is -0.356 e. The Morgan fingerprint density at radius 1 is 1.30 bits per heavy atom. The van der Waals surface area contributed by atoms with Crippen LogP contribution in [0, 0.1) is 12.7 Å². The first-order valence-electron chi connectivity index (χ1n) is 7.35. The summed E-state index contributed by atoms with van der Waals surface area (Å²) in [6, 6.07) is 6.65. The summed E-state index contributed by atoms with van der Waals surface area (Å²) in [5, 5.41) is 10.7. The van der Waals surface area contributed by atoms with E-state index in [0.29, 0.717) is 6.54 Å². The number of nitrogens with one attached hydrogen (secondary N) is 2. The van der Waals surface area contributed by atoms with E-state index in [2.05, 4.69) is 20.7 Å². The highest BCUT2D eigenvalue weighted by molar-refractivity contribution is 14.0. The second kappa shape index (κ2) is 10.2. The molecule has 0 atom stereocenters. The molecule has 0 spiro atoms. The van der Waals surface area contributed by atoms with Gasteiger partial charge in [-0.3, -0.25) is 9.67 Å². The number of benzene rings is 1. The van der Waals surface area contributed by atoms with Crippen LogP contribution in [0.1, 0.15) is 11.1 Å². The quantitative estimate of drug-likeness (QED) is 0.420. The number of guanidine groups is 1. The lowest BCUT2D eigenvalue weighted by Crippen LogP contribution is -2.39. The van der Waals surface area contributed by atoms with Gasteiger partial charge in [0.2, 0.25) is 0 Å². The van der Waals surface area contributed by atoms with E-state index < -0.39 is 0 Å². The third-order valence-electron chi connectivity index (χ3n) is 3.21. The molecule has 7 heteroatoms. The van der Waals surface area contributed by atoms with Gasteiger partial charge >= 0.3 is 0 Å². The molecule has 0 radical (unpaired) electrons. The van der Waals surface area contributed by atoms with Crippen molar-refractivity contribution in [3.8, 4) is 0 Å². The fourth-order valence-electron chi connectivity index (χ4n) is 2.12. The third kappa shape index (κ3) is 6.98. The molecule has 1 aromatic carbocycles. The maximum atomic E-state index is 13.1. The van der Waals surface area contributed by atoms with Crippen LogP contribution < -0.4 is 10.6 Å². The highest BCUT2D eigenvalue weighted by Gasteiger charge is 1.99. The maximum absolute atomic E-state index is 13.1. The minimum atomic E-state index is -0.200. The molecule has 0 bridgehead atoms. The molecule has 1 heterocycles. The van der Waals surface area contributed by atoms with E-state index in [9.17, 15) is 4.39 Å². The van der Waals surface area contributed by atoms with Gasteiger partial charge in [0.15, 0.2) is 5.96 Å². The van der Waals surface area contributed by atoms with E-state index in [-0.39, 0.29) is 29.8 Å². The first-order valence-corrected chi connectivity index (χ1v) is 7.35. The number of nitrogens with zero attached hydrogens (tertiary/aromatic N) is 3. The Balaban J connectivity index is 0.00000264. The third-order valence-corrected chi connectivity index (χ3v) is 3.21. The van der Waals surface area contributed by atoms with Gasteiger partial charge in [0.05, 0.1) is 12.7 Å². The second-order valence-corrected chi connectivity index (χ2v) is 5.09. The second-order valence-electron chi connectivity index (χ2n) is 5.09. The Morgan fingerprint density at radius 3 is 2.74 bits per heavy atom. The van der Waals surface area contributed by atoms with Gasteiger partial charge in [-0.2, -0.15) is 5.10 Å². The van der Waals surface area contributed by atoms with E-state index in [0.717, 1.165) is 36.6 Å². The molecule has 0 aliphatic carbocycles. The molecule has 0 aliphatic rings.